The molecule has 1 N–H and O–H groups in total. The van der Waals surface area contributed by atoms with Crippen LogP contribution in [0.5, 0.6) is 0 Å². The van der Waals surface area contributed by atoms with Crippen LogP contribution in [0.4, 0.5) is 0 Å². The molecule has 0 radical (unpaired) electrons. The van der Waals surface area contributed by atoms with Crippen molar-refractivity contribution in [2.45, 2.75) is 19.9 Å². The minimum absolute atomic E-state index is 0.0455. The van der Waals surface area contributed by atoms with Crippen molar-refractivity contribution in [1.29, 1.82) is 0 Å². The van der Waals surface area contributed by atoms with Gasteiger partial charge in [0.15, 0.2) is 0 Å². The first kappa shape index (κ1) is 17.8. The van der Waals surface area contributed by atoms with E-state index in [1.807, 2.05) is 13.8 Å². The van der Waals surface area contributed by atoms with Crippen LogP contribution < -0.4 is 5.32 Å². The zero-order valence-corrected chi connectivity index (χ0v) is 14.7. The second-order valence-electron chi connectivity index (χ2n) is 6.06. The zero-order valence-electron chi connectivity index (χ0n) is 13.9. The maximum atomic E-state index is 12.3. The standard InChI is InChI=1S/C15H23N3O4S/c1-10-5-12(6-16-11(10)2)15(19)17-14-8-22-7-13(14)9-23(20,21)18(3)4/h5-6,13-14H,7-9H2,1-4H3,(H,17,19)/t13-,14-/m0/s1. The van der Waals surface area contributed by atoms with Crippen molar-refractivity contribution in [2.75, 3.05) is 33.1 Å². The molecule has 7 nitrogen and oxygen atoms in total. The lowest BCUT2D eigenvalue weighted by atomic mass is 10.1. The smallest absolute Gasteiger partial charge is 0.253 e. The molecule has 0 bridgehead atoms. The number of aromatic nitrogens is 1. The van der Waals surface area contributed by atoms with Crippen LogP contribution >= 0.6 is 0 Å². The molecule has 2 atom stereocenters. The second-order valence-corrected chi connectivity index (χ2v) is 8.29. The van der Waals surface area contributed by atoms with E-state index >= 15 is 0 Å². The fourth-order valence-electron chi connectivity index (χ4n) is 2.36. The summed E-state index contributed by atoms with van der Waals surface area (Å²) in [5, 5.41) is 2.87. The number of pyridine rings is 1. The highest BCUT2D eigenvalue weighted by atomic mass is 32.2. The normalized spacial score (nSPS) is 21.6. The number of nitrogens with zero attached hydrogens (tertiary/aromatic N) is 2. The Bertz CT molecular complexity index is 688. The van der Waals surface area contributed by atoms with Gasteiger partial charge in [-0.1, -0.05) is 0 Å². The minimum Gasteiger partial charge on any atom is -0.379 e. The molecule has 2 heterocycles. The summed E-state index contributed by atoms with van der Waals surface area (Å²) in [4.78, 5) is 16.5. The van der Waals surface area contributed by atoms with Gasteiger partial charge in [0.25, 0.3) is 5.91 Å². The Morgan fingerprint density at radius 1 is 1.39 bits per heavy atom. The molecule has 1 fully saturated rings. The fourth-order valence-corrected chi connectivity index (χ4v) is 3.53. The second kappa shape index (κ2) is 6.94. The van der Waals surface area contributed by atoms with Crippen molar-refractivity contribution < 1.29 is 17.9 Å². The topological polar surface area (TPSA) is 88.6 Å². The Kier molecular flexibility index (Phi) is 5.38. The maximum Gasteiger partial charge on any atom is 0.253 e. The highest BCUT2D eigenvalue weighted by Gasteiger charge is 2.34. The van der Waals surface area contributed by atoms with Gasteiger partial charge in [0.1, 0.15) is 0 Å². The van der Waals surface area contributed by atoms with Crippen LogP contribution in [-0.2, 0) is 14.8 Å². The van der Waals surface area contributed by atoms with E-state index in [-0.39, 0.29) is 23.6 Å². The molecular weight excluding hydrogens is 318 g/mol. The number of nitrogens with one attached hydrogen (secondary N) is 1. The lowest BCUT2D eigenvalue weighted by Crippen LogP contribution is -2.43. The number of carbonyl (C=O) groups is 1. The van der Waals surface area contributed by atoms with Crippen LogP contribution in [0.2, 0.25) is 0 Å². The van der Waals surface area contributed by atoms with E-state index < -0.39 is 10.0 Å². The van der Waals surface area contributed by atoms with Crippen LogP contribution in [0.1, 0.15) is 21.6 Å². The third kappa shape index (κ3) is 4.27. The first-order valence-electron chi connectivity index (χ1n) is 7.43. The van der Waals surface area contributed by atoms with E-state index in [4.69, 9.17) is 4.74 Å². The number of carbonyl (C=O) groups excluding carboxylic acids is 1. The van der Waals surface area contributed by atoms with Crippen LogP contribution in [0, 0.1) is 19.8 Å². The predicted molar refractivity (Wildman–Crippen MR) is 86.7 cm³/mol. The quantitative estimate of drug-likeness (QED) is 0.834. The molecule has 8 heteroatoms. The first-order chi connectivity index (χ1) is 10.7. The van der Waals surface area contributed by atoms with Gasteiger partial charge >= 0.3 is 0 Å². The molecule has 1 aromatic rings. The lowest BCUT2D eigenvalue weighted by molar-refractivity contribution is 0.0925. The molecule has 0 unspecified atom stereocenters. The Morgan fingerprint density at radius 3 is 2.70 bits per heavy atom. The van der Waals surface area contributed by atoms with Crippen molar-refractivity contribution in [1.82, 2.24) is 14.6 Å². The highest BCUT2D eigenvalue weighted by Crippen LogP contribution is 2.18. The largest absolute Gasteiger partial charge is 0.379 e. The molecule has 0 saturated carbocycles. The summed E-state index contributed by atoms with van der Waals surface area (Å²) in [5.41, 5.74) is 2.28. The van der Waals surface area contributed by atoms with Crippen molar-refractivity contribution in [3.8, 4) is 0 Å². The lowest BCUT2D eigenvalue weighted by Gasteiger charge is -2.21. The minimum atomic E-state index is -3.34. The summed E-state index contributed by atoms with van der Waals surface area (Å²) in [6.07, 6.45) is 1.53. The Balaban J connectivity index is 2.06. The van der Waals surface area contributed by atoms with E-state index in [0.29, 0.717) is 18.8 Å². The van der Waals surface area contributed by atoms with Gasteiger partial charge in [-0.15, -0.1) is 0 Å². The summed E-state index contributed by atoms with van der Waals surface area (Å²) in [6.45, 7) is 4.41. The monoisotopic (exact) mass is 341 g/mol. The van der Waals surface area contributed by atoms with Gasteiger partial charge in [0.05, 0.1) is 30.6 Å². The van der Waals surface area contributed by atoms with Crippen LogP contribution in [0.3, 0.4) is 0 Å². The zero-order chi connectivity index (χ0) is 17.2. The molecule has 1 aliphatic rings. The van der Waals surface area contributed by atoms with E-state index in [0.717, 1.165) is 11.3 Å². The molecule has 2 rings (SSSR count). The average Bonchev–Trinajstić information content (AvgIpc) is 2.88. The summed E-state index contributed by atoms with van der Waals surface area (Å²) < 4.78 is 30.6. The third-order valence-electron chi connectivity index (χ3n) is 4.10. The van der Waals surface area contributed by atoms with Gasteiger partial charge in [-0.05, 0) is 25.5 Å². The summed E-state index contributed by atoms with van der Waals surface area (Å²) in [6, 6.07) is 1.46. The van der Waals surface area contributed by atoms with Gasteiger partial charge in [-0.25, -0.2) is 12.7 Å². The fraction of sp³-hybridized carbons (Fsp3) is 0.600. The Labute approximate surface area is 137 Å². The molecule has 1 amide bonds. The molecule has 128 valence electrons. The SMILES string of the molecule is Cc1cc(C(=O)N[C@H]2COC[C@H]2CS(=O)(=O)N(C)C)cnc1C. The van der Waals surface area contributed by atoms with Crippen molar-refractivity contribution in [2.24, 2.45) is 5.92 Å². The molecule has 1 saturated heterocycles. The van der Waals surface area contributed by atoms with Crippen molar-refractivity contribution in [3.63, 3.8) is 0 Å². The van der Waals surface area contributed by atoms with E-state index in [2.05, 4.69) is 10.3 Å². The van der Waals surface area contributed by atoms with E-state index in [1.54, 1.807) is 6.07 Å². The van der Waals surface area contributed by atoms with E-state index in [1.165, 1.54) is 24.6 Å². The first-order valence-corrected chi connectivity index (χ1v) is 9.03. The van der Waals surface area contributed by atoms with Crippen LogP contribution in [-0.4, -0.2) is 62.7 Å². The molecule has 0 aliphatic carbocycles. The molecule has 1 aliphatic heterocycles. The Hall–Kier alpha value is -1.51. The molecule has 0 aromatic carbocycles. The highest BCUT2D eigenvalue weighted by molar-refractivity contribution is 7.89. The van der Waals surface area contributed by atoms with Gasteiger partial charge in [-0.2, -0.15) is 0 Å². The van der Waals surface area contributed by atoms with E-state index in [9.17, 15) is 13.2 Å². The average molecular weight is 341 g/mol. The Morgan fingerprint density at radius 2 is 2.09 bits per heavy atom. The third-order valence-corrected chi connectivity index (χ3v) is 6.06. The van der Waals surface area contributed by atoms with Gasteiger partial charge in [-0.3, -0.25) is 9.78 Å². The number of sulfonamides is 1. The van der Waals surface area contributed by atoms with Gasteiger partial charge in [0, 0.05) is 31.9 Å². The number of ether oxygens (including phenoxy) is 1. The summed E-state index contributed by atoms with van der Waals surface area (Å²) in [7, 11) is -0.339. The predicted octanol–water partition coefficient (Wildman–Crippen LogP) is 0.335. The number of aryl methyl sites for hydroxylation is 2. The van der Waals surface area contributed by atoms with Crippen molar-refractivity contribution >= 4 is 15.9 Å². The molecule has 1 aromatic heterocycles. The van der Waals surface area contributed by atoms with Crippen LogP contribution in [0.25, 0.3) is 0 Å². The number of rotatable bonds is 5. The van der Waals surface area contributed by atoms with Crippen LogP contribution in [0.15, 0.2) is 12.3 Å². The van der Waals surface area contributed by atoms with Gasteiger partial charge < -0.3 is 10.1 Å². The number of hydrogen-bond donors (Lipinski definition) is 1. The summed E-state index contributed by atoms with van der Waals surface area (Å²) >= 11 is 0. The molecule has 23 heavy (non-hydrogen) atoms. The maximum absolute atomic E-state index is 12.3. The number of amides is 1. The van der Waals surface area contributed by atoms with Crippen molar-refractivity contribution in [3.05, 3.63) is 29.1 Å². The summed E-state index contributed by atoms with van der Waals surface area (Å²) in [5.74, 6) is -0.565. The molecule has 0 spiro atoms. The molecular formula is C15H23N3O4S. The van der Waals surface area contributed by atoms with Gasteiger partial charge in [0.2, 0.25) is 10.0 Å². The number of hydrogen-bond acceptors (Lipinski definition) is 5.